The third kappa shape index (κ3) is 6.44. The van der Waals surface area contributed by atoms with Gasteiger partial charge in [0, 0.05) is 6.04 Å². The molecule has 1 unspecified atom stereocenters. The van der Waals surface area contributed by atoms with Crippen molar-refractivity contribution < 1.29 is 9.53 Å². The fourth-order valence-corrected chi connectivity index (χ4v) is 2.15. The Balaban J connectivity index is 2.10. The predicted molar refractivity (Wildman–Crippen MR) is 71.4 cm³/mol. The van der Waals surface area contributed by atoms with E-state index in [2.05, 4.69) is 36.0 Å². The van der Waals surface area contributed by atoms with Crippen molar-refractivity contribution in [3.63, 3.8) is 0 Å². The highest BCUT2D eigenvalue weighted by Crippen LogP contribution is 2.08. The smallest absolute Gasteiger partial charge is 0.319 e. The lowest BCUT2D eigenvalue weighted by Crippen LogP contribution is -2.33. The van der Waals surface area contributed by atoms with Crippen LogP contribution in [0.25, 0.3) is 0 Å². The Morgan fingerprint density at radius 2 is 2.41 bits per heavy atom. The topological polar surface area (TPSA) is 38.3 Å². The minimum Gasteiger partial charge on any atom is -0.465 e. The van der Waals surface area contributed by atoms with Crippen molar-refractivity contribution in [2.45, 2.75) is 39.2 Å². The third-order valence-corrected chi connectivity index (χ3v) is 3.21. The fraction of sp³-hybridized carbons (Fsp3) is 0.615. The molecule has 0 aliphatic heterocycles. The first-order valence-electron chi connectivity index (χ1n) is 6.12. The zero-order chi connectivity index (χ0) is 12.5. The van der Waals surface area contributed by atoms with E-state index in [0.717, 1.165) is 19.3 Å². The number of hydrogen-bond donors (Lipinski definition) is 1. The molecule has 0 saturated heterocycles. The molecule has 4 heteroatoms. The Kier molecular flexibility index (Phi) is 6.89. The minimum absolute atomic E-state index is 0.157. The highest BCUT2D eigenvalue weighted by Gasteiger charge is 2.07. The molecular weight excluding hydrogens is 234 g/mol. The summed E-state index contributed by atoms with van der Waals surface area (Å²) in [6.45, 7) is 5.00. The number of rotatable bonds is 8. The monoisotopic (exact) mass is 255 g/mol. The standard InChI is InChI=1S/C13H21NO2S/c1-3-4-6-16-13(15)9-14-11(2)8-12-5-7-17-10-12/h5,7,10-11,14H,3-4,6,8-9H2,1-2H3. The molecule has 1 aromatic rings. The summed E-state index contributed by atoms with van der Waals surface area (Å²) < 4.78 is 5.07. The van der Waals surface area contributed by atoms with Crippen LogP contribution < -0.4 is 5.32 Å². The Morgan fingerprint density at radius 1 is 1.59 bits per heavy atom. The lowest BCUT2D eigenvalue weighted by atomic mass is 10.1. The van der Waals surface area contributed by atoms with Gasteiger partial charge in [-0.3, -0.25) is 4.79 Å². The number of thiophene rings is 1. The predicted octanol–water partition coefficient (Wildman–Crippen LogP) is 2.61. The number of hydrogen-bond acceptors (Lipinski definition) is 4. The fourth-order valence-electron chi connectivity index (χ4n) is 1.47. The van der Waals surface area contributed by atoms with Crippen LogP contribution in [0.1, 0.15) is 32.3 Å². The number of ether oxygens (including phenoxy) is 1. The van der Waals surface area contributed by atoms with Crippen molar-refractivity contribution in [2.24, 2.45) is 0 Å². The molecule has 1 N–H and O–H groups in total. The first kappa shape index (κ1) is 14.2. The number of unbranched alkanes of at least 4 members (excludes halogenated alkanes) is 1. The number of carbonyl (C=O) groups is 1. The molecule has 0 fully saturated rings. The van der Waals surface area contributed by atoms with E-state index in [-0.39, 0.29) is 5.97 Å². The first-order chi connectivity index (χ1) is 8.22. The van der Waals surface area contributed by atoms with E-state index >= 15 is 0 Å². The van der Waals surface area contributed by atoms with Crippen LogP contribution in [0.15, 0.2) is 16.8 Å². The Morgan fingerprint density at radius 3 is 3.06 bits per heavy atom. The molecule has 0 aliphatic carbocycles. The van der Waals surface area contributed by atoms with Gasteiger partial charge in [0.15, 0.2) is 0 Å². The molecule has 17 heavy (non-hydrogen) atoms. The van der Waals surface area contributed by atoms with Gasteiger partial charge in [0.05, 0.1) is 13.2 Å². The van der Waals surface area contributed by atoms with Gasteiger partial charge < -0.3 is 10.1 Å². The first-order valence-corrected chi connectivity index (χ1v) is 7.06. The Bertz CT molecular complexity index is 311. The summed E-state index contributed by atoms with van der Waals surface area (Å²) in [6.07, 6.45) is 2.94. The summed E-state index contributed by atoms with van der Waals surface area (Å²) >= 11 is 1.70. The van der Waals surface area contributed by atoms with Crippen molar-refractivity contribution in [3.8, 4) is 0 Å². The van der Waals surface area contributed by atoms with Gasteiger partial charge in [-0.15, -0.1) is 0 Å². The van der Waals surface area contributed by atoms with E-state index in [0.29, 0.717) is 19.2 Å². The number of esters is 1. The lowest BCUT2D eigenvalue weighted by Gasteiger charge is -2.12. The maximum atomic E-state index is 11.3. The highest BCUT2D eigenvalue weighted by atomic mass is 32.1. The van der Waals surface area contributed by atoms with Gasteiger partial charge in [0.1, 0.15) is 0 Å². The van der Waals surface area contributed by atoms with E-state index < -0.39 is 0 Å². The van der Waals surface area contributed by atoms with Gasteiger partial charge in [0.2, 0.25) is 0 Å². The van der Waals surface area contributed by atoms with Gasteiger partial charge in [-0.2, -0.15) is 11.3 Å². The second kappa shape index (κ2) is 8.25. The molecule has 0 aliphatic rings. The molecule has 0 radical (unpaired) electrons. The van der Waals surface area contributed by atoms with Crippen LogP contribution in [-0.2, 0) is 16.0 Å². The zero-order valence-corrected chi connectivity index (χ0v) is 11.4. The van der Waals surface area contributed by atoms with Crippen LogP contribution in [0.3, 0.4) is 0 Å². The zero-order valence-electron chi connectivity index (χ0n) is 10.6. The van der Waals surface area contributed by atoms with E-state index in [1.807, 2.05) is 0 Å². The van der Waals surface area contributed by atoms with Crippen molar-refractivity contribution in [1.82, 2.24) is 5.32 Å². The van der Waals surface area contributed by atoms with Gasteiger partial charge in [-0.05, 0) is 42.2 Å². The summed E-state index contributed by atoms with van der Waals surface area (Å²) in [5.41, 5.74) is 1.31. The summed E-state index contributed by atoms with van der Waals surface area (Å²) in [5, 5.41) is 7.38. The largest absolute Gasteiger partial charge is 0.465 e. The Hall–Kier alpha value is -0.870. The number of carbonyl (C=O) groups excluding carboxylic acids is 1. The van der Waals surface area contributed by atoms with Gasteiger partial charge in [-0.1, -0.05) is 13.3 Å². The molecule has 0 bridgehead atoms. The van der Waals surface area contributed by atoms with Crippen molar-refractivity contribution in [3.05, 3.63) is 22.4 Å². The third-order valence-electron chi connectivity index (χ3n) is 2.48. The number of nitrogens with one attached hydrogen (secondary N) is 1. The second-order valence-corrected chi connectivity index (χ2v) is 4.97. The molecule has 1 atom stereocenters. The average molecular weight is 255 g/mol. The van der Waals surface area contributed by atoms with E-state index in [1.165, 1.54) is 5.56 Å². The van der Waals surface area contributed by atoms with E-state index in [9.17, 15) is 4.79 Å². The van der Waals surface area contributed by atoms with Crippen LogP contribution in [0, 0.1) is 0 Å². The van der Waals surface area contributed by atoms with Crippen LogP contribution in [0.5, 0.6) is 0 Å². The summed E-state index contributed by atoms with van der Waals surface area (Å²) in [6, 6.07) is 2.41. The Labute approximate surface area is 107 Å². The van der Waals surface area contributed by atoms with E-state index in [4.69, 9.17) is 4.74 Å². The SMILES string of the molecule is CCCCOC(=O)CNC(C)Cc1ccsc1. The molecule has 3 nitrogen and oxygen atoms in total. The van der Waals surface area contributed by atoms with Crippen LogP contribution in [0.2, 0.25) is 0 Å². The molecule has 1 aromatic heterocycles. The molecule has 0 saturated carbocycles. The van der Waals surface area contributed by atoms with Crippen molar-refractivity contribution in [2.75, 3.05) is 13.2 Å². The van der Waals surface area contributed by atoms with Crippen LogP contribution in [0.4, 0.5) is 0 Å². The van der Waals surface area contributed by atoms with Crippen LogP contribution >= 0.6 is 11.3 Å². The molecule has 1 rings (SSSR count). The molecule has 1 heterocycles. The van der Waals surface area contributed by atoms with Gasteiger partial charge >= 0.3 is 5.97 Å². The van der Waals surface area contributed by atoms with Gasteiger partial charge in [-0.25, -0.2) is 0 Å². The molecule has 96 valence electrons. The molecule has 0 aromatic carbocycles. The van der Waals surface area contributed by atoms with Gasteiger partial charge in [0.25, 0.3) is 0 Å². The van der Waals surface area contributed by atoms with E-state index in [1.54, 1.807) is 11.3 Å². The summed E-state index contributed by atoms with van der Waals surface area (Å²) in [7, 11) is 0. The maximum absolute atomic E-state index is 11.3. The minimum atomic E-state index is -0.157. The second-order valence-electron chi connectivity index (χ2n) is 4.19. The summed E-state index contributed by atoms with van der Waals surface area (Å²) in [5.74, 6) is -0.157. The van der Waals surface area contributed by atoms with Crippen molar-refractivity contribution in [1.29, 1.82) is 0 Å². The van der Waals surface area contributed by atoms with Crippen molar-refractivity contribution >= 4 is 17.3 Å². The normalized spacial score (nSPS) is 12.4. The maximum Gasteiger partial charge on any atom is 0.319 e. The quantitative estimate of drug-likeness (QED) is 0.573. The molecular formula is C13H21NO2S. The lowest BCUT2D eigenvalue weighted by molar-refractivity contribution is -0.142. The molecule has 0 amide bonds. The highest BCUT2D eigenvalue weighted by molar-refractivity contribution is 7.07. The molecule has 0 spiro atoms. The summed E-state index contributed by atoms with van der Waals surface area (Å²) in [4.78, 5) is 11.3. The van der Waals surface area contributed by atoms with Crippen LogP contribution in [-0.4, -0.2) is 25.2 Å². The average Bonchev–Trinajstić information content (AvgIpc) is 2.79.